The fourth-order valence-corrected chi connectivity index (χ4v) is 2.39. The number of benzene rings is 1. The fraction of sp³-hybridized carbons (Fsp3) is 0.500. The Hall–Kier alpha value is -1.68. The van der Waals surface area contributed by atoms with Gasteiger partial charge in [0.2, 0.25) is 5.78 Å². The maximum absolute atomic E-state index is 12.2. The normalized spacial score (nSPS) is 16.2. The summed E-state index contributed by atoms with van der Waals surface area (Å²) in [4.78, 5) is 28.2. The summed E-state index contributed by atoms with van der Waals surface area (Å²) in [6.07, 6.45) is 2.08. The summed E-state index contributed by atoms with van der Waals surface area (Å²) in [5.74, 6) is -0.765. The van der Waals surface area contributed by atoms with Crippen molar-refractivity contribution in [1.29, 1.82) is 0 Å². The number of ketones is 1. The Kier molecular flexibility index (Phi) is 4.90. The Morgan fingerprint density at radius 2 is 1.65 bits per heavy atom. The van der Waals surface area contributed by atoms with Crippen LogP contribution in [0, 0.1) is 0 Å². The summed E-state index contributed by atoms with van der Waals surface area (Å²) >= 11 is 0. The largest absolute Gasteiger partial charge is 0.333 e. The number of rotatable bonds is 4. The molecule has 0 unspecified atom stereocenters. The summed E-state index contributed by atoms with van der Waals surface area (Å²) in [6.45, 7) is 5.04. The number of nitrogens with zero attached hydrogens (tertiary/aromatic N) is 2. The van der Waals surface area contributed by atoms with E-state index in [2.05, 4.69) is 11.8 Å². The minimum absolute atomic E-state index is 0.374. The zero-order valence-corrected chi connectivity index (χ0v) is 12.3. The highest BCUT2D eigenvalue weighted by atomic mass is 16.2. The SMILES string of the molecule is CCCc1ccc(C(=O)C(=O)N2CCN(C)CC2)cc1. The Morgan fingerprint density at radius 3 is 2.20 bits per heavy atom. The van der Waals surface area contributed by atoms with E-state index in [1.165, 1.54) is 5.56 Å². The molecule has 1 aliphatic rings. The third-order valence-corrected chi connectivity index (χ3v) is 3.74. The number of carbonyl (C=O) groups excluding carboxylic acids is 2. The lowest BCUT2D eigenvalue weighted by molar-refractivity contribution is -0.127. The molecular formula is C16H22N2O2. The monoisotopic (exact) mass is 274 g/mol. The van der Waals surface area contributed by atoms with Crippen LogP contribution in [0.2, 0.25) is 0 Å². The van der Waals surface area contributed by atoms with Crippen molar-refractivity contribution < 1.29 is 9.59 Å². The lowest BCUT2D eigenvalue weighted by atomic mass is 10.0. The number of aryl methyl sites for hydroxylation is 1. The van der Waals surface area contributed by atoms with Gasteiger partial charge in [0, 0.05) is 31.7 Å². The molecule has 0 N–H and O–H groups in total. The maximum atomic E-state index is 12.2. The molecule has 0 bridgehead atoms. The van der Waals surface area contributed by atoms with Gasteiger partial charge in [-0.3, -0.25) is 9.59 Å². The van der Waals surface area contributed by atoms with Crippen LogP contribution in [0.4, 0.5) is 0 Å². The van der Waals surface area contributed by atoms with Crippen molar-refractivity contribution in [2.24, 2.45) is 0 Å². The van der Waals surface area contributed by atoms with E-state index in [1.807, 2.05) is 19.2 Å². The molecule has 1 aliphatic heterocycles. The van der Waals surface area contributed by atoms with Crippen LogP contribution in [0.25, 0.3) is 0 Å². The molecule has 0 aliphatic carbocycles. The molecule has 1 aromatic rings. The van der Waals surface area contributed by atoms with Gasteiger partial charge in [-0.15, -0.1) is 0 Å². The van der Waals surface area contributed by atoms with Crippen LogP contribution < -0.4 is 0 Å². The summed E-state index contributed by atoms with van der Waals surface area (Å²) in [5.41, 5.74) is 1.70. The molecule has 0 atom stereocenters. The number of carbonyl (C=O) groups is 2. The Labute approximate surface area is 120 Å². The van der Waals surface area contributed by atoms with Crippen molar-refractivity contribution >= 4 is 11.7 Å². The van der Waals surface area contributed by atoms with Crippen LogP contribution in [-0.4, -0.2) is 54.7 Å². The van der Waals surface area contributed by atoms with E-state index < -0.39 is 5.78 Å². The summed E-state index contributed by atoms with van der Waals surface area (Å²) in [5, 5.41) is 0. The van der Waals surface area contributed by atoms with E-state index in [9.17, 15) is 9.59 Å². The molecule has 108 valence electrons. The van der Waals surface area contributed by atoms with Gasteiger partial charge >= 0.3 is 0 Å². The number of Topliss-reactive ketones (excluding diaryl/α,β-unsaturated/α-hetero) is 1. The van der Waals surface area contributed by atoms with Crippen molar-refractivity contribution in [1.82, 2.24) is 9.80 Å². The van der Waals surface area contributed by atoms with E-state index in [0.29, 0.717) is 18.7 Å². The smallest absolute Gasteiger partial charge is 0.295 e. The van der Waals surface area contributed by atoms with Gasteiger partial charge in [0.25, 0.3) is 5.91 Å². The second-order valence-corrected chi connectivity index (χ2v) is 5.37. The predicted octanol–water partition coefficient (Wildman–Crippen LogP) is 1.60. The second kappa shape index (κ2) is 6.66. The summed E-state index contributed by atoms with van der Waals surface area (Å²) < 4.78 is 0. The standard InChI is InChI=1S/C16H22N2O2/c1-3-4-13-5-7-14(8-6-13)15(19)16(20)18-11-9-17(2)10-12-18/h5-8H,3-4,9-12H2,1-2H3. The average Bonchev–Trinajstić information content (AvgIpc) is 2.48. The van der Waals surface area contributed by atoms with E-state index >= 15 is 0 Å². The lowest BCUT2D eigenvalue weighted by Gasteiger charge is -2.31. The highest BCUT2D eigenvalue weighted by Crippen LogP contribution is 2.10. The molecule has 4 nitrogen and oxygen atoms in total. The molecule has 2 rings (SSSR count). The first-order chi connectivity index (χ1) is 9.61. The van der Waals surface area contributed by atoms with Crippen molar-refractivity contribution in [2.45, 2.75) is 19.8 Å². The Morgan fingerprint density at radius 1 is 1.05 bits per heavy atom. The highest BCUT2D eigenvalue weighted by Gasteiger charge is 2.25. The minimum Gasteiger partial charge on any atom is -0.333 e. The first kappa shape index (κ1) is 14.7. The van der Waals surface area contributed by atoms with Crippen LogP contribution in [0.15, 0.2) is 24.3 Å². The zero-order valence-electron chi connectivity index (χ0n) is 12.3. The van der Waals surface area contributed by atoms with Gasteiger partial charge in [-0.1, -0.05) is 37.6 Å². The van der Waals surface area contributed by atoms with Crippen molar-refractivity contribution in [3.05, 3.63) is 35.4 Å². The first-order valence-corrected chi connectivity index (χ1v) is 7.23. The van der Waals surface area contributed by atoms with Gasteiger partial charge in [-0.25, -0.2) is 0 Å². The molecular weight excluding hydrogens is 252 g/mol. The fourth-order valence-electron chi connectivity index (χ4n) is 2.39. The molecule has 0 saturated carbocycles. The number of amides is 1. The van der Waals surface area contributed by atoms with Crippen molar-refractivity contribution in [3.8, 4) is 0 Å². The third kappa shape index (κ3) is 3.45. The van der Waals surface area contributed by atoms with Gasteiger partial charge in [0.1, 0.15) is 0 Å². The maximum Gasteiger partial charge on any atom is 0.295 e. The van der Waals surface area contributed by atoms with E-state index in [0.717, 1.165) is 25.9 Å². The highest BCUT2D eigenvalue weighted by molar-refractivity contribution is 6.42. The van der Waals surface area contributed by atoms with E-state index in [1.54, 1.807) is 17.0 Å². The quantitative estimate of drug-likeness (QED) is 0.618. The average molecular weight is 274 g/mol. The van der Waals surface area contributed by atoms with Gasteiger partial charge in [0.05, 0.1) is 0 Å². The minimum atomic E-state index is -0.391. The summed E-state index contributed by atoms with van der Waals surface area (Å²) in [6, 6.07) is 7.41. The number of hydrogen-bond acceptors (Lipinski definition) is 3. The van der Waals surface area contributed by atoms with Gasteiger partial charge in [0.15, 0.2) is 0 Å². The molecule has 1 saturated heterocycles. The molecule has 0 spiro atoms. The number of likely N-dealkylation sites (N-methyl/N-ethyl adjacent to an activating group) is 1. The first-order valence-electron chi connectivity index (χ1n) is 7.23. The van der Waals surface area contributed by atoms with Crippen LogP contribution in [0.5, 0.6) is 0 Å². The molecule has 1 heterocycles. The molecule has 20 heavy (non-hydrogen) atoms. The molecule has 1 amide bonds. The number of hydrogen-bond donors (Lipinski definition) is 0. The van der Waals surface area contributed by atoms with E-state index in [-0.39, 0.29) is 5.91 Å². The second-order valence-electron chi connectivity index (χ2n) is 5.37. The topological polar surface area (TPSA) is 40.6 Å². The Balaban J connectivity index is 2.01. The molecule has 1 aromatic carbocycles. The number of piperazine rings is 1. The predicted molar refractivity (Wildman–Crippen MR) is 78.8 cm³/mol. The van der Waals surface area contributed by atoms with Crippen LogP contribution in [0.1, 0.15) is 29.3 Å². The van der Waals surface area contributed by atoms with Crippen LogP contribution in [0.3, 0.4) is 0 Å². The summed E-state index contributed by atoms with van der Waals surface area (Å²) in [7, 11) is 2.02. The molecule has 1 fully saturated rings. The van der Waals surface area contributed by atoms with Gasteiger partial charge in [-0.2, -0.15) is 0 Å². The van der Waals surface area contributed by atoms with Crippen molar-refractivity contribution in [2.75, 3.05) is 33.2 Å². The molecule has 4 heteroatoms. The van der Waals surface area contributed by atoms with Crippen LogP contribution >= 0.6 is 0 Å². The third-order valence-electron chi connectivity index (χ3n) is 3.74. The van der Waals surface area contributed by atoms with E-state index in [4.69, 9.17) is 0 Å². The van der Waals surface area contributed by atoms with Crippen LogP contribution in [-0.2, 0) is 11.2 Å². The lowest BCUT2D eigenvalue weighted by Crippen LogP contribution is -2.49. The molecule has 0 aromatic heterocycles. The molecule has 0 radical (unpaired) electrons. The van der Waals surface area contributed by atoms with Gasteiger partial charge < -0.3 is 9.80 Å². The van der Waals surface area contributed by atoms with Gasteiger partial charge in [-0.05, 0) is 19.0 Å². The Bertz CT molecular complexity index is 474. The zero-order chi connectivity index (χ0) is 14.5. The van der Waals surface area contributed by atoms with Crippen molar-refractivity contribution in [3.63, 3.8) is 0 Å².